The highest BCUT2D eigenvalue weighted by Crippen LogP contribution is 2.21. The molecule has 0 aliphatic heterocycles. The van der Waals surface area contributed by atoms with Gasteiger partial charge in [-0.1, -0.05) is 24.3 Å². The topological polar surface area (TPSA) is 149 Å². The van der Waals surface area contributed by atoms with Crippen LogP contribution in [-0.4, -0.2) is 36.2 Å². The SMILES string of the molecule is COc1ccccc1-[n+]1noc([O-])c1/C(C)=N/N=C(\C)c1c([O-])on[n+]1-c1ccccc1OC. The zero-order valence-electron chi connectivity index (χ0n) is 18.8. The van der Waals surface area contributed by atoms with Gasteiger partial charge in [-0.05, 0) is 35.3 Å². The van der Waals surface area contributed by atoms with E-state index in [1.54, 1.807) is 62.4 Å². The minimum Gasteiger partial charge on any atom is -0.539 e. The molecule has 4 rings (SSSR count). The number of rotatable bonds is 7. The van der Waals surface area contributed by atoms with Gasteiger partial charge in [0.1, 0.15) is 11.4 Å². The summed E-state index contributed by atoms with van der Waals surface area (Å²) >= 11 is 0. The summed E-state index contributed by atoms with van der Waals surface area (Å²) in [5.41, 5.74) is 1.46. The van der Waals surface area contributed by atoms with Gasteiger partial charge in [-0.25, -0.2) is 0 Å². The lowest BCUT2D eigenvalue weighted by atomic mass is 10.2. The fourth-order valence-corrected chi connectivity index (χ4v) is 3.28. The Labute approximate surface area is 193 Å². The summed E-state index contributed by atoms with van der Waals surface area (Å²) in [6.07, 6.45) is 0. The third-order valence-electron chi connectivity index (χ3n) is 4.88. The Balaban J connectivity index is 1.75. The van der Waals surface area contributed by atoms with E-state index < -0.39 is 11.9 Å². The van der Waals surface area contributed by atoms with Gasteiger partial charge in [0.15, 0.2) is 23.4 Å². The van der Waals surface area contributed by atoms with Crippen LogP contribution in [0.3, 0.4) is 0 Å². The third-order valence-corrected chi connectivity index (χ3v) is 4.88. The van der Waals surface area contributed by atoms with Gasteiger partial charge in [-0.15, -0.1) is 10.2 Å². The van der Waals surface area contributed by atoms with Crippen molar-refractivity contribution in [2.45, 2.75) is 13.8 Å². The molecule has 0 radical (unpaired) electrons. The summed E-state index contributed by atoms with van der Waals surface area (Å²) in [5.74, 6) is -0.460. The van der Waals surface area contributed by atoms with Gasteiger partial charge in [0, 0.05) is 12.1 Å². The number of methoxy groups -OCH3 is 2. The Hall–Kier alpha value is -4.74. The predicted octanol–water partition coefficient (Wildman–Crippen LogP) is 0.614. The van der Waals surface area contributed by atoms with Crippen LogP contribution in [0.5, 0.6) is 23.4 Å². The molecule has 12 heteroatoms. The molecule has 174 valence electrons. The summed E-state index contributed by atoms with van der Waals surface area (Å²) in [5, 5.41) is 40.6. The summed E-state index contributed by atoms with van der Waals surface area (Å²) in [4.78, 5) is 0. The highest BCUT2D eigenvalue weighted by Gasteiger charge is 2.28. The monoisotopic (exact) mass is 464 g/mol. The molecule has 0 saturated heterocycles. The second kappa shape index (κ2) is 9.40. The standard InChI is InChI=1S/C22H20N6O6/c1-13(19-21(29)33-25-27(19)15-9-5-7-11-17(15)31-3)23-24-14(2)20-22(30)34-26-28(20)16-10-6-8-12-18(16)32-4/h5-12H,1-4H3. The van der Waals surface area contributed by atoms with E-state index in [-0.39, 0.29) is 22.8 Å². The van der Waals surface area contributed by atoms with Gasteiger partial charge in [0.25, 0.3) is 22.8 Å². The third kappa shape index (κ3) is 4.03. The van der Waals surface area contributed by atoms with Crippen LogP contribution in [0.2, 0.25) is 0 Å². The first-order valence-corrected chi connectivity index (χ1v) is 10.0. The van der Waals surface area contributed by atoms with E-state index in [0.717, 1.165) is 0 Å². The molecule has 0 aliphatic rings. The zero-order valence-corrected chi connectivity index (χ0v) is 18.8. The van der Waals surface area contributed by atoms with Crippen LogP contribution in [-0.2, 0) is 0 Å². The van der Waals surface area contributed by atoms with Gasteiger partial charge in [-0.2, -0.15) is 0 Å². The van der Waals surface area contributed by atoms with Gasteiger partial charge >= 0.3 is 0 Å². The molecule has 2 aromatic heterocycles. The molecule has 0 bridgehead atoms. The number of ether oxygens (including phenoxy) is 2. The van der Waals surface area contributed by atoms with Crippen molar-refractivity contribution in [3.63, 3.8) is 0 Å². The number of para-hydroxylation sites is 4. The van der Waals surface area contributed by atoms with Crippen LogP contribution >= 0.6 is 0 Å². The van der Waals surface area contributed by atoms with Crippen molar-refractivity contribution in [1.82, 2.24) is 10.5 Å². The Morgan fingerprint density at radius 3 is 1.50 bits per heavy atom. The molecule has 0 fully saturated rings. The fourth-order valence-electron chi connectivity index (χ4n) is 3.28. The lowest BCUT2D eigenvalue weighted by Crippen LogP contribution is -2.39. The number of aromatic nitrogens is 4. The quantitative estimate of drug-likeness (QED) is 0.219. The van der Waals surface area contributed by atoms with Crippen LogP contribution in [0.25, 0.3) is 11.4 Å². The Morgan fingerprint density at radius 1 is 0.735 bits per heavy atom. The summed E-state index contributed by atoms with van der Waals surface area (Å²) < 4.78 is 22.9. The number of hydrogen-bond donors (Lipinski definition) is 0. The van der Waals surface area contributed by atoms with E-state index in [0.29, 0.717) is 22.9 Å². The molecule has 12 nitrogen and oxygen atoms in total. The minimum absolute atomic E-state index is 0.0475. The van der Waals surface area contributed by atoms with E-state index in [9.17, 15) is 10.2 Å². The molecule has 4 aromatic rings. The zero-order chi connectivity index (χ0) is 24.2. The van der Waals surface area contributed by atoms with Crippen molar-refractivity contribution >= 4 is 11.4 Å². The predicted molar refractivity (Wildman–Crippen MR) is 112 cm³/mol. The molecule has 0 spiro atoms. The Morgan fingerprint density at radius 2 is 1.12 bits per heavy atom. The second-order valence-electron chi connectivity index (χ2n) is 6.96. The number of nitrogens with zero attached hydrogens (tertiary/aromatic N) is 6. The van der Waals surface area contributed by atoms with Crippen LogP contribution in [0, 0.1) is 0 Å². The summed E-state index contributed by atoms with van der Waals surface area (Å²) in [7, 11) is 3.00. The molecule has 0 atom stereocenters. The van der Waals surface area contributed by atoms with Crippen LogP contribution in [0.1, 0.15) is 25.2 Å². The lowest BCUT2D eigenvalue weighted by molar-refractivity contribution is -0.672. The minimum atomic E-state index is -0.710. The molecule has 2 heterocycles. The van der Waals surface area contributed by atoms with E-state index in [1.165, 1.54) is 23.6 Å². The largest absolute Gasteiger partial charge is 0.539 e. The van der Waals surface area contributed by atoms with E-state index in [4.69, 9.17) is 18.5 Å². The Bertz CT molecular complexity index is 1280. The summed E-state index contributed by atoms with van der Waals surface area (Å²) in [6.45, 7) is 3.13. The van der Waals surface area contributed by atoms with Crippen LogP contribution < -0.4 is 29.1 Å². The first kappa shape index (κ1) is 22.5. The van der Waals surface area contributed by atoms with Crippen molar-refractivity contribution in [2.24, 2.45) is 10.2 Å². The molecule has 0 unspecified atom stereocenters. The number of benzene rings is 2. The molecule has 0 aliphatic carbocycles. The highest BCUT2D eigenvalue weighted by atomic mass is 16.6. The van der Waals surface area contributed by atoms with Crippen LogP contribution in [0.4, 0.5) is 0 Å². The van der Waals surface area contributed by atoms with Gasteiger partial charge in [-0.3, -0.25) is 0 Å². The fraction of sp³-hybridized carbons (Fsp3) is 0.182. The van der Waals surface area contributed by atoms with E-state index >= 15 is 0 Å². The molecular weight excluding hydrogens is 444 g/mol. The lowest BCUT2D eigenvalue weighted by Gasteiger charge is -2.02. The molecule has 34 heavy (non-hydrogen) atoms. The van der Waals surface area contributed by atoms with Crippen molar-refractivity contribution in [1.29, 1.82) is 0 Å². The van der Waals surface area contributed by atoms with Gasteiger partial charge < -0.3 is 28.7 Å². The van der Waals surface area contributed by atoms with Gasteiger partial charge in [0.2, 0.25) is 0 Å². The molecule has 0 N–H and O–H groups in total. The highest BCUT2D eigenvalue weighted by molar-refractivity contribution is 6.00. The maximum atomic E-state index is 12.4. The van der Waals surface area contributed by atoms with Crippen molar-refractivity contribution in [3.05, 3.63) is 59.9 Å². The van der Waals surface area contributed by atoms with Crippen molar-refractivity contribution in [2.75, 3.05) is 14.2 Å². The van der Waals surface area contributed by atoms with Crippen LogP contribution in [0.15, 0.2) is 67.8 Å². The maximum Gasteiger partial charge on any atom is 0.286 e. The number of hydrogen-bond acceptors (Lipinski definition) is 10. The first-order chi connectivity index (χ1) is 16.5. The molecule has 2 aromatic carbocycles. The molecule has 0 amide bonds. The van der Waals surface area contributed by atoms with Crippen molar-refractivity contribution < 1.29 is 38.1 Å². The molecule has 0 saturated carbocycles. The average molecular weight is 464 g/mol. The van der Waals surface area contributed by atoms with E-state index in [2.05, 4.69) is 20.7 Å². The molecular formula is C22H20N6O6. The smallest absolute Gasteiger partial charge is 0.286 e. The second-order valence-corrected chi connectivity index (χ2v) is 6.96. The first-order valence-electron chi connectivity index (χ1n) is 10.0. The van der Waals surface area contributed by atoms with Gasteiger partial charge in [0.05, 0.1) is 24.8 Å². The average Bonchev–Trinajstić information content (AvgIpc) is 3.44. The maximum absolute atomic E-state index is 12.4. The Kier molecular flexibility index (Phi) is 6.21. The van der Waals surface area contributed by atoms with E-state index in [1.807, 2.05) is 0 Å². The summed E-state index contributed by atoms with van der Waals surface area (Å²) in [6, 6.07) is 14.0. The normalized spacial score (nSPS) is 12.1. The van der Waals surface area contributed by atoms with Crippen molar-refractivity contribution in [3.8, 4) is 34.8 Å².